The summed E-state index contributed by atoms with van der Waals surface area (Å²) in [6, 6.07) is 0. The van der Waals surface area contributed by atoms with E-state index in [-0.39, 0.29) is 11.3 Å². The topological polar surface area (TPSA) is 76.4 Å². The first kappa shape index (κ1) is 11.6. The van der Waals surface area contributed by atoms with Gasteiger partial charge in [0.15, 0.2) is 0 Å². The molecule has 0 radical (unpaired) electrons. The van der Waals surface area contributed by atoms with Crippen LogP contribution in [0.25, 0.3) is 0 Å². The number of hydrogen-bond donors (Lipinski definition) is 2. The van der Waals surface area contributed by atoms with Crippen molar-refractivity contribution in [3.8, 4) is 0 Å². The van der Waals surface area contributed by atoms with Crippen LogP contribution in [-0.4, -0.2) is 20.8 Å². The van der Waals surface area contributed by atoms with Gasteiger partial charge in [-0.3, -0.25) is 4.68 Å². The van der Waals surface area contributed by atoms with Crippen LogP contribution < -0.4 is 5.73 Å². The van der Waals surface area contributed by atoms with Crippen LogP contribution in [0.15, 0.2) is 17.5 Å². The molecule has 3 N–H and O–H groups in total. The number of nitrogens with zero attached hydrogens (tertiary/aromatic N) is 3. The van der Waals surface area contributed by atoms with E-state index in [1.807, 2.05) is 37.8 Å². The molecule has 0 spiro atoms. The van der Waals surface area contributed by atoms with Crippen molar-refractivity contribution in [3.63, 3.8) is 0 Å². The Morgan fingerprint density at radius 3 is 2.80 bits per heavy atom. The maximum Gasteiger partial charge on any atom is 0.144 e. The number of aryl methyl sites for hydroxylation is 2. The van der Waals surface area contributed by atoms with Gasteiger partial charge in [-0.05, 0) is 18.9 Å². The minimum absolute atomic E-state index is 0.256. The largest absolute Gasteiger partial charge is 0.409 e. The van der Waals surface area contributed by atoms with E-state index >= 15 is 0 Å². The molecule has 5 nitrogen and oxygen atoms in total. The van der Waals surface area contributed by atoms with Crippen molar-refractivity contribution in [1.29, 1.82) is 0 Å². The SMILES string of the molecule is Cc1cnn(CCC(C)(C)C(N)=NO)c1. The lowest BCUT2D eigenvalue weighted by atomic mass is 9.88. The van der Waals surface area contributed by atoms with Gasteiger partial charge in [-0.25, -0.2) is 0 Å². The van der Waals surface area contributed by atoms with Gasteiger partial charge in [0.1, 0.15) is 5.84 Å². The van der Waals surface area contributed by atoms with Gasteiger partial charge >= 0.3 is 0 Å². The average molecular weight is 210 g/mol. The number of oxime groups is 1. The molecular weight excluding hydrogens is 192 g/mol. The van der Waals surface area contributed by atoms with Crippen LogP contribution in [0.1, 0.15) is 25.8 Å². The lowest BCUT2D eigenvalue weighted by molar-refractivity contribution is 0.302. The first-order valence-corrected chi connectivity index (χ1v) is 4.93. The summed E-state index contributed by atoms with van der Waals surface area (Å²) < 4.78 is 1.86. The second-order valence-corrected chi connectivity index (χ2v) is 4.40. The van der Waals surface area contributed by atoms with Gasteiger partial charge in [0.25, 0.3) is 0 Å². The fourth-order valence-electron chi connectivity index (χ4n) is 1.25. The third kappa shape index (κ3) is 2.97. The highest BCUT2D eigenvalue weighted by atomic mass is 16.4. The second-order valence-electron chi connectivity index (χ2n) is 4.40. The van der Waals surface area contributed by atoms with Gasteiger partial charge in [-0.15, -0.1) is 0 Å². The molecule has 84 valence electrons. The molecule has 15 heavy (non-hydrogen) atoms. The van der Waals surface area contributed by atoms with Crippen LogP contribution >= 0.6 is 0 Å². The molecule has 0 fully saturated rings. The van der Waals surface area contributed by atoms with Crippen molar-refractivity contribution in [2.24, 2.45) is 16.3 Å². The quantitative estimate of drug-likeness (QED) is 0.341. The predicted molar refractivity (Wildman–Crippen MR) is 58.8 cm³/mol. The molecule has 0 aromatic carbocycles. The van der Waals surface area contributed by atoms with E-state index in [1.165, 1.54) is 0 Å². The van der Waals surface area contributed by atoms with Crippen molar-refractivity contribution in [2.45, 2.75) is 33.7 Å². The summed E-state index contributed by atoms with van der Waals surface area (Å²) in [5.74, 6) is 0.256. The summed E-state index contributed by atoms with van der Waals surface area (Å²) in [7, 11) is 0. The van der Waals surface area contributed by atoms with E-state index in [2.05, 4.69) is 10.3 Å². The van der Waals surface area contributed by atoms with E-state index in [4.69, 9.17) is 10.9 Å². The van der Waals surface area contributed by atoms with Crippen molar-refractivity contribution >= 4 is 5.84 Å². The fraction of sp³-hybridized carbons (Fsp3) is 0.600. The molecule has 0 aliphatic carbocycles. The van der Waals surface area contributed by atoms with Gasteiger partial charge < -0.3 is 10.9 Å². The molecule has 0 bridgehead atoms. The molecule has 0 amide bonds. The van der Waals surface area contributed by atoms with E-state index in [9.17, 15) is 0 Å². The van der Waals surface area contributed by atoms with Gasteiger partial charge in [0, 0.05) is 18.2 Å². The number of aromatic nitrogens is 2. The van der Waals surface area contributed by atoms with Crippen LogP contribution in [-0.2, 0) is 6.54 Å². The number of rotatable bonds is 4. The van der Waals surface area contributed by atoms with Gasteiger partial charge in [0.05, 0.1) is 6.20 Å². The van der Waals surface area contributed by atoms with E-state index in [0.717, 1.165) is 18.5 Å². The zero-order valence-corrected chi connectivity index (χ0v) is 9.44. The summed E-state index contributed by atoms with van der Waals surface area (Å²) in [6.45, 7) is 6.64. The smallest absolute Gasteiger partial charge is 0.144 e. The molecule has 0 saturated carbocycles. The molecule has 1 heterocycles. The molecular formula is C10H18N4O. The zero-order valence-electron chi connectivity index (χ0n) is 9.44. The Morgan fingerprint density at radius 1 is 1.67 bits per heavy atom. The van der Waals surface area contributed by atoms with Crippen molar-refractivity contribution in [3.05, 3.63) is 18.0 Å². The van der Waals surface area contributed by atoms with Crippen LogP contribution in [0.5, 0.6) is 0 Å². The van der Waals surface area contributed by atoms with Gasteiger partial charge in [0.2, 0.25) is 0 Å². The van der Waals surface area contributed by atoms with Gasteiger partial charge in [-0.1, -0.05) is 19.0 Å². The number of amidine groups is 1. The fourth-order valence-corrected chi connectivity index (χ4v) is 1.25. The summed E-state index contributed by atoms with van der Waals surface area (Å²) in [4.78, 5) is 0. The van der Waals surface area contributed by atoms with Crippen molar-refractivity contribution in [2.75, 3.05) is 0 Å². The van der Waals surface area contributed by atoms with E-state index in [0.29, 0.717) is 0 Å². The van der Waals surface area contributed by atoms with Crippen LogP contribution in [0.4, 0.5) is 0 Å². The highest BCUT2D eigenvalue weighted by Gasteiger charge is 2.23. The Kier molecular flexibility index (Phi) is 3.34. The lowest BCUT2D eigenvalue weighted by Gasteiger charge is -2.22. The van der Waals surface area contributed by atoms with Crippen molar-refractivity contribution < 1.29 is 5.21 Å². The minimum atomic E-state index is -0.311. The summed E-state index contributed by atoms with van der Waals surface area (Å²) in [6.07, 6.45) is 4.57. The summed E-state index contributed by atoms with van der Waals surface area (Å²) in [5.41, 5.74) is 6.42. The first-order valence-electron chi connectivity index (χ1n) is 4.93. The highest BCUT2D eigenvalue weighted by Crippen LogP contribution is 2.21. The molecule has 0 aliphatic heterocycles. The molecule has 0 atom stereocenters. The number of hydrogen-bond acceptors (Lipinski definition) is 3. The first-order chi connectivity index (χ1) is 6.95. The average Bonchev–Trinajstić information content (AvgIpc) is 2.60. The Labute approximate surface area is 89.6 Å². The Hall–Kier alpha value is -1.52. The molecule has 1 rings (SSSR count). The maximum absolute atomic E-state index is 8.61. The van der Waals surface area contributed by atoms with Crippen LogP contribution in [0, 0.1) is 12.3 Å². The maximum atomic E-state index is 8.61. The normalized spacial score (nSPS) is 13.1. The number of nitrogens with two attached hydrogens (primary N) is 1. The molecule has 5 heteroatoms. The highest BCUT2D eigenvalue weighted by molar-refractivity contribution is 5.85. The third-order valence-electron chi connectivity index (χ3n) is 2.53. The van der Waals surface area contributed by atoms with Crippen molar-refractivity contribution in [1.82, 2.24) is 9.78 Å². The van der Waals surface area contributed by atoms with Gasteiger partial charge in [-0.2, -0.15) is 5.10 Å². The lowest BCUT2D eigenvalue weighted by Crippen LogP contribution is -2.33. The Morgan fingerprint density at radius 2 is 2.33 bits per heavy atom. The monoisotopic (exact) mass is 210 g/mol. The molecule has 1 aromatic heterocycles. The van der Waals surface area contributed by atoms with Crippen LogP contribution in [0.3, 0.4) is 0 Å². The second kappa shape index (κ2) is 4.33. The predicted octanol–water partition coefficient (Wildman–Crippen LogP) is 1.35. The summed E-state index contributed by atoms with van der Waals surface area (Å²) in [5, 5.41) is 15.8. The summed E-state index contributed by atoms with van der Waals surface area (Å²) >= 11 is 0. The Bertz CT molecular complexity index is 354. The minimum Gasteiger partial charge on any atom is -0.409 e. The third-order valence-corrected chi connectivity index (χ3v) is 2.53. The molecule has 1 aromatic rings. The van der Waals surface area contributed by atoms with E-state index in [1.54, 1.807) is 0 Å². The van der Waals surface area contributed by atoms with Crippen LogP contribution in [0.2, 0.25) is 0 Å². The Balaban J connectivity index is 2.57. The molecule has 0 unspecified atom stereocenters. The zero-order chi connectivity index (χ0) is 11.5. The molecule has 0 saturated heterocycles. The van der Waals surface area contributed by atoms with E-state index < -0.39 is 0 Å². The standard InChI is InChI=1S/C10H18N4O/c1-8-6-12-14(7-8)5-4-10(2,3)9(11)13-15/h6-7,15H,4-5H2,1-3H3,(H2,11,13). The molecule has 0 aliphatic rings.